The number of primary amides is 1. The first-order chi connectivity index (χ1) is 22.9. The number of carbonyl (C=O) groups excluding carboxylic acids is 6. The number of likely N-dealkylation sites (tertiary alicyclic amines) is 1. The maximum absolute atomic E-state index is 14.0. The highest BCUT2D eigenvalue weighted by Gasteiger charge is 2.42. The molecule has 48 heavy (non-hydrogen) atoms. The van der Waals surface area contributed by atoms with Crippen molar-refractivity contribution in [2.24, 2.45) is 23.5 Å². The summed E-state index contributed by atoms with van der Waals surface area (Å²) < 4.78 is 5.47. The number of amides is 4. The minimum atomic E-state index is -1.14. The van der Waals surface area contributed by atoms with Gasteiger partial charge in [0.25, 0.3) is 5.91 Å². The van der Waals surface area contributed by atoms with Crippen LogP contribution in [0.3, 0.4) is 0 Å². The van der Waals surface area contributed by atoms with Crippen LogP contribution in [0.5, 0.6) is 0 Å². The molecule has 4 amide bonds. The number of ether oxygens (including phenoxy) is 1. The number of nitrogens with one attached hydrogen (secondary N) is 3. The fourth-order valence-corrected chi connectivity index (χ4v) is 5.99. The summed E-state index contributed by atoms with van der Waals surface area (Å²) in [6.45, 7) is 11.6. The van der Waals surface area contributed by atoms with E-state index < -0.39 is 59.7 Å². The number of carbonyl (C=O) groups is 6. The molecular formula is C35H55N5O8. The van der Waals surface area contributed by atoms with Crippen LogP contribution in [0.4, 0.5) is 4.79 Å². The van der Waals surface area contributed by atoms with Gasteiger partial charge in [0.05, 0.1) is 0 Å². The van der Waals surface area contributed by atoms with E-state index in [1.54, 1.807) is 13.8 Å². The maximum Gasteiger partial charge on any atom is 0.347 e. The Hall–Kier alpha value is -4.00. The number of nitrogens with zero attached hydrogens (tertiary/aromatic N) is 1. The summed E-state index contributed by atoms with van der Waals surface area (Å²) in [4.78, 5) is 83.9. The number of rotatable bonds is 15. The third-order valence-corrected chi connectivity index (χ3v) is 8.48. The number of esters is 1. The van der Waals surface area contributed by atoms with Crippen LogP contribution in [0.25, 0.3) is 0 Å². The molecule has 1 aliphatic carbocycles. The van der Waals surface area contributed by atoms with Crippen LogP contribution in [-0.2, 0) is 40.2 Å². The molecule has 0 spiro atoms. The molecular weight excluding hydrogens is 618 g/mol. The van der Waals surface area contributed by atoms with Gasteiger partial charge >= 0.3 is 18.0 Å². The van der Waals surface area contributed by atoms with Crippen molar-refractivity contribution in [2.75, 3.05) is 6.54 Å². The largest absolute Gasteiger partial charge is 0.459 e. The smallest absolute Gasteiger partial charge is 0.347 e. The Kier molecular flexibility index (Phi) is 17.1. The zero-order valence-electron chi connectivity index (χ0n) is 29.3. The molecule has 1 heterocycles. The molecule has 5 N–H and O–H groups in total. The van der Waals surface area contributed by atoms with Gasteiger partial charge in [-0.3, -0.25) is 14.4 Å². The van der Waals surface area contributed by atoms with E-state index in [9.17, 15) is 28.8 Å². The van der Waals surface area contributed by atoms with Crippen LogP contribution in [0.1, 0.15) is 98.5 Å². The van der Waals surface area contributed by atoms with Crippen molar-refractivity contribution in [3.8, 4) is 0 Å². The number of hydrogen-bond donors (Lipinski definition) is 4. The van der Waals surface area contributed by atoms with Gasteiger partial charge in [-0.2, -0.15) is 0 Å². The van der Waals surface area contributed by atoms with Crippen molar-refractivity contribution in [1.29, 1.82) is 0 Å². The average molecular weight is 674 g/mol. The number of Topliss-reactive ketones (excluding diaryl/α,β-unsaturated/α-hetero) is 1. The summed E-state index contributed by atoms with van der Waals surface area (Å²) in [5.74, 6) is -4.27. The molecule has 268 valence electrons. The first-order valence-corrected chi connectivity index (χ1v) is 17.3. The second kappa shape index (κ2) is 20.4. The Morgan fingerprint density at radius 1 is 0.896 bits per heavy atom. The Morgan fingerprint density at radius 3 is 2.12 bits per heavy atom. The van der Waals surface area contributed by atoms with Gasteiger partial charge in [-0.05, 0) is 55.4 Å². The van der Waals surface area contributed by atoms with Crippen molar-refractivity contribution in [1.82, 2.24) is 21.0 Å². The molecule has 1 aliphatic heterocycles. The van der Waals surface area contributed by atoms with Crippen LogP contribution < -0.4 is 21.8 Å². The van der Waals surface area contributed by atoms with Gasteiger partial charge < -0.3 is 30.8 Å². The van der Waals surface area contributed by atoms with Crippen LogP contribution in [0.15, 0.2) is 30.3 Å². The molecule has 1 saturated heterocycles. The molecule has 4 unspecified atom stereocenters. The molecule has 0 bridgehead atoms. The topological polar surface area (TPSA) is 186 Å². The predicted molar refractivity (Wildman–Crippen MR) is 180 cm³/mol. The molecule has 0 aromatic heterocycles. The van der Waals surface area contributed by atoms with E-state index in [0.717, 1.165) is 37.7 Å². The third-order valence-electron chi connectivity index (χ3n) is 8.48. The van der Waals surface area contributed by atoms with Gasteiger partial charge in [0.15, 0.2) is 0 Å². The Balaban J connectivity index is 0.00000392. The fourth-order valence-electron chi connectivity index (χ4n) is 5.99. The van der Waals surface area contributed by atoms with E-state index in [2.05, 4.69) is 16.1 Å². The summed E-state index contributed by atoms with van der Waals surface area (Å²) in [6, 6.07) is 4.59. The Bertz CT molecular complexity index is 1220. The van der Waals surface area contributed by atoms with Gasteiger partial charge in [-0.25, -0.2) is 14.4 Å². The predicted octanol–water partition coefficient (Wildman–Crippen LogP) is 3.54. The maximum atomic E-state index is 14.0. The minimum absolute atomic E-state index is 0.00135. The molecule has 1 aromatic rings. The Labute approximate surface area is 284 Å². The van der Waals surface area contributed by atoms with E-state index in [4.69, 9.17) is 15.3 Å². The summed E-state index contributed by atoms with van der Waals surface area (Å²) in [6.07, 6.45) is 5.35. The number of benzene rings is 1. The van der Waals surface area contributed by atoms with Crippen LogP contribution >= 0.6 is 0 Å². The highest BCUT2D eigenvalue weighted by molar-refractivity contribution is 6.37. The zero-order valence-corrected chi connectivity index (χ0v) is 29.3. The molecule has 4 atom stereocenters. The number of ketones is 1. The lowest BCUT2D eigenvalue weighted by Crippen LogP contribution is -2.59. The number of urea groups is 1. The van der Waals surface area contributed by atoms with Crippen molar-refractivity contribution in [3.05, 3.63) is 35.9 Å². The molecule has 13 nitrogen and oxygen atoms in total. The summed E-state index contributed by atoms with van der Waals surface area (Å²) in [5, 5.41) is 5.53. The molecule has 3 rings (SSSR count). The molecule has 1 saturated carbocycles. The molecule has 1 aromatic carbocycles. The normalized spacial score (nSPS) is 18.2. The fraction of sp³-hybridized carbons (Fsp3) is 0.657. The van der Waals surface area contributed by atoms with Gasteiger partial charge in [0.1, 0.15) is 30.8 Å². The van der Waals surface area contributed by atoms with Gasteiger partial charge in [0.2, 0.25) is 11.7 Å². The standard InChI is InChI=1S/C33H49N5O8.C2H6/c1-20(2)18-24(28(39)29(34)40)37-46-31(42)25-16-11-17-38(25)30(41)27(23-14-9-6-10-15-23)36-33(44)35-26(21(3)4)32(43)45-19-22-12-7-5-8-13-22;1-2/h5,7-8,12-13,20-21,23-27,37H,6,9-11,14-19H2,1-4H3,(H2,34,40)(H2,35,36,44);1-2H3. The summed E-state index contributed by atoms with van der Waals surface area (Å²) >= 11 is 0. The zero-order chi connectivity index (χ0) is 35.8. The minimum Gasteiger partial charge on any atom is -0.459 e. The third kappa shape index (κ3) is 12.2. The lowest BCUT2D eigenvalue weighted by atomic mass is 9.83. The van der Waals surface area contributed by atoms with Gasteiger partial charge in [-0.15, -0.1) is 5.48 Å². The van der Waals surface area contributed by atoms with Crippen molar-refractivity contribution in [2.45, 2.75) is 124 Å². The number of hydroxylamine groups is 1. The first-order valence-electron chi connectivity index (χ1n) is 17.3. The monoisotopic (exact) mass is 673 g/mol. The number of hydrogen-bond acceptors (Lipinski definition) is 9. The second-order valence-corrected chi connectivity index (χ2v) is 12.9. The van der Waals surface area contributed by atoms with Gasteiger partial charge in [0, 0.05) is 6.54 Å². The molecule has 0 radical (unpaired) electrons. The van der Waals surface area contributed by atoms with E-state index in [1.807, 2.05) is 58.0 Å². The lowest BCUT2D eigenvalue weighted by molar-refractivity contribution is -0.164. The average Bonchev–Trinajstić information content (AvgIpc) is 3.58. The Morgan fingerprint density at radius 2 is 1.54 bits per heavy atom. The second-order valence-electron chi connectivity index (χ2n) is 12.9. The lowest BCUT2D eigenvalue weighted by Gasteiger charge is -2.34. The molecule has 2 fully saturated rings. The SMILES string of the molecule is CC.CC(C)CC(NOC(=O)C1CCCN1C(=O)C(NC(=O)NC(C(=O)OCc1ccccc1)C(C)C)C1CCCCC1)C(=O)C(N)=O. The van der Waals surface area contributed by atoms with E-state index in [1.165, 1.54) is 4.90 Å². The van der Waals surface area contributed by atoms with Crippen LogP contribution in [0, 0.1) is 17.8 Å². The van der Waals surface area contributed by atoms with E-state index in [-0.39, 0.29) is 37.3 Å². The summed E-state index contributed by atoms with van der Waals surface area (Å²) in [5.41, 5.74) is 8.37. The highest BCUT2D eigenvalue weighted by Crippen LogP contribution is 2.29. The van der Waals surface area contributed by atoms with Crippen molar-refractivity contribution in [3.63, 3.8) is 0 Å². The quantitative estimate of drug-likeness (QED) is 0.123. The van der Waals surface area contributed by atoms with Crippen molar-refractivity contribution < 1.29 is 38.3 Å². The van der Waals surface area contributed by atoms with E-state index >= 15 is 0 Å². The first kappa shape index (κ1) is 40.2. The molecule has 2 aliphatic rings. The van der Waals surface area contributed by atoms with Crippen LogP contribution in [0.2, 0.25) is 0 Å². The van der Waals surface area contributed by atoms with E-state index in [0.29, 0.717) is 12.8 Å². The number of nitrogens with two attached hydrogens (primary N) is 1. The summed E-state index contributed by atoms with van der Waals surface area (Å²) in [7, 11) is 0. The van der Waals surface area contributed by atoms with Gasteiger partial charge in [-0.1, -0.05) is 91.1 Å². The highest BCUT2D eigenvalue weighted by atomic mass is 16.7. The van der Waals surface area contributed by atoms with Crippen molar-refractivity contribution >= 4 is 35.6 Å². The molecule has 13 heteroatoms. The van der Waals surface area contributed by atoms with Crippen LogP contribution in [-0.4, -0.2) is 71.2 Å².